The van der Waals surface area contributed by atoms with Crippen molar-refractivity contribution in [2.24, 2.45) is 5.10 Å². The van der Waals surface area contributed by atoms with Crippen LogP contribution in [0.1, 0.15) is 23.4 Å². The Balaban J connectivity index is 1.54. The van der Waals surface area contributed by atoms with Gasteiger partial charge in [0.05, 0.1) is 6.21 Å². The molecule has 1 heterocycles. The van der Waals surface area contributed by atoms with E-state index in [-0.39, 0.29) is 5.91 Å². The zero-order valence-electron chi connectivity index (χ0n) is 16.2. The van der Waals surface area contributed by atoms with E-state index in [2.05, 4.69) is 56.1 Å². The Morgan fingerprint density at radius 3 is 2.55 bits per heavy atom. The molecule has 0 spiro atoms. The van der Waals surface area contributed by atoms with Crippen molar-refractivity contribution in [3.63, 3.8) is 0 Å². The molecule has 0 atom stereocenters. The van der Waals surface area contributed by atoms with Crippen LogP contribution in [0.2, 0.25) is 5.02 Å². The lowest BCUT2D eigenvalue weighted by molar-refractivity contribution is -0.120. The first-order valence-electron chi connectivity index (χ1n) is 9.09. The predicted molar refractivity (Wildman–Crippen MR) is 125 cm³/mol. The van der Waals surface area contributed by atoms with Crippen LogP contribution in [0.4, 0.5) is 0 Å². The van der Waals surface area contributed by atoms with Gasteiger partial charge in [0.15, 0.2) is 0 Å². The van der Waals surface area contributed by atoms with Gasteiger partial charge in [0.25, 0.3) is 0 Å². The van der Waals surface area contributed by atoms with Crippen LogP contribution in [0.3, 0.4) is 0 Å². The fraction of sp³-hybridized carbons (Fsp3) is 0.182. The Labute approximate surface area is 188 Å². The number of carbonyl (C=O) groups is 1. The summed E-state index contributed by atoms with van der Waals surface area (Å²) in [6.07, 6.45) is 2.09. The van der Waals surface area contributed by atoms with Gasteiger partial charge in [0.1, 0.15) is 0 Å². The number of hydrogen-bond acceptors (Lipinski definition) is 3. The van der Waals surface area contributed by atoms with E-state index in [1.807, 2.05) is 43.3 Å². The number of aromatic nitrogens is 1. The summed E-state index contributed by atoms with van der Waals surface area (Å²) in [5.41, 5.74) is 6.85. The van der Waals surface area contributed by atoms with Crippen molar-refractivity contribution in [1.82, 2.24) is 9.99 Å². The van der Waals surface area contributed by atoms with Crippen molar-refractivity contribution in [2.75, 3.05) is 5.75 Å². The summed E-state index contributed by atoms with van der Waals surface area (Å²) in [6, 6.07) is 17.8. The molecule has 0 unspecified atom stereocenters. The number of amides is 1. The molecule has 0 bridgehead atoms. The molecule has 150 valence electrons. The molecule has 29 heavy (non-hydrogen) atoms. The second-order valence-electron chi connectivity index (χ2n) is 6.48. The minimum absolute atomic E-state index is 0.107. The van der Waals surface area contributed by atoms with E-state index in [4.69, 9.17) is 11.6 Å². The number of benzene rings is 2. The van der Waals surface area contributed by atoms with Crippen LogP contribution < -0.4 is 5.43 Å². The molecule has 0 saturated carbocycles. The first-order valence-corrected chi connectivity index (χ1v) is 11.2. The number of rotatable bonds is 7. The van der Waals surface area contributed by atoms with Gasteiger partial charge in [-0.1, -0.05) is 27.5 Å². The van der Waals surface area contributed by atoms with E-state index >= 15 is 0 Å². The van der Waals surface area contributed by atoms with Crippen LogP contribution in [0.25, 0.3) is 5.69 Å². The highest BCUT2D eigenvalue weighted by molar-refractivity contribution is 9.10. The van der Waals surface area contributed by atoms with E-state index in [9.17, 15) is 4.79 Å². The van der Waals surface area contributed by atoms with E-state index in [1.54, 1.807) is 18.0 Å². The van der Waals surface area contributed by atoms with Crippen molar-refractivity contribution in [2.45, 2.75) is 25.2 Å². The highest BCUT2D eigenvalue weighted by atomic mass is 79.9. The van der Waals surface area contributed by atoms with Crippen molar-refractivity contribution < 1.29 is 4.79 Å². The van der Waals surface area contributed by atoms with E-state index in [0.29, 0.717) is 17.2 Å². The molecule has 3 aromatic rings. The lowest BCUT2D eigenvalue weighted by Crippen LogP contribution is -2.17. The molecule has 4 nitrogen and oxygen atoms in total. The van der Waals surface area contributed by atoms with Gasteiger partial charge in [-0.2, -0.15) is 5.10 Å². The number of carbonyl (C=O) groups excluding carboxylic acids is 1. The van der Waals surface area contributed by atoms with Gasteiger partial charge in [-0.25, -0.2) is 5.43 Å². The minimum Gasteiger partial charge on any atom is -0.318 e. The predicted octanol–water partition coefficient (Wildman–Crippen LogP) is 6.14. The zero-order valence-corrected chi connectivity index (χ0v) is 19.3. The summed E-state index contributed by atoms with van der Waals surface area (Å²) in [5, 5.41) is 4.84. The van der Waals surface area contributed by atoms with Gasteiger partial charge in [0.2, 0.25) is 5.91 Å². The number of hydrazone groups is 1. The molecule has 1 amide bonds. The number of nitrogens with zero attached hydrogens (tertiary/aromatic N) is 2. The molecule has 7 heteroatoms. The number of aryl methyl sites for hydroxylation is 1. The number of thioether (sulfide) groups is 1. The Morgan fingerprint density at radius 2 is 1.86 bits per heavy atom. The molecule has 0 radical (unpaired) electrons. The third-order valence-corrected chi connectivity index (χ3v) is 6.15. The third-order valence-electron chi connectivity index (χ3n) is 4.36. The van der Waals surface area contributed by atoms with Crippen molar-refractivity contribution in [3.8, 4) is 5.69 Å². The van der Waals surface area contributed by atoms with E-state index in [0.717, 1.165) is 32.0 Å². The zero-order chi connectivity index (χ0) is 20.8. The van der Waals surface area contributed by atoms with Crippen molar-refractivity contribution >= 4 is 51.4 Å². The Hall–Kier alpha value is -2.02. The topological polar surface area (TPSA) is 46.4 Å². The minimum atomic E-state index is -0.107. The Kier molecular flexibility index (Phi) is 7.58. The molecule has 0 saturated heterocycles. The number of hydrogen-bond donors (Lipinski definition) is 1. The Bertz CT molecular complexity index is 1010. The maximum absolute atomic E-state index is 12.0. The summed E-state index contributed by atoms with van der Waals surface area (Å²) >= 11 is 11.0. The average Bonchev–Trinajstić information content (AvgIpc) is 2.98. The fourth-order valence-electron chi connectivity index (χ4n) is 2.93. The summed E-state index contributed by atoms with van der Waals surface area (Å²) in [6.45, 7) is 4.10. The third kappa shape index (κ3) is 5.98. The maximum Gasteiger partial charge on any atom is 0.240 e. The molecule has 3 rings (SSSR count). The second-order valence-corrected chi connectivity index (χ2v) is 9.00. The molecule has 2 aromatic carbocycles. The molecule has 0 fully saturated rings. The first kappa shape index (κ1) is 21.7. The highest BCUT2D eigenvalue weighted by Crippen LogP contribution is 2.22. The van der Waals surface area contributed by atoms with Crippen LogP contribution in [0.15, 0.2) is 69.1 Å². The number of nitrogens with one attached hydrogen (secondary N) is 1. The Morgan fingerprint density at radius 1 is 1.17 bits per heavy atom. The lowest BCUT2D eigenvalue weighted by atomic mass is 10.2. The van der Waals surface area contributed by atoms with E-state index < -0.39 is 0 Å². The van der Waals surface area contributed by atoms with Crippen LogP contribution >= 0.6 is 39.3 Å². The number of halogens is 2. The second kappa shape index (κ2) is 10.1. The van der Waals surface area contributed by atoms with Crippen LogP contribution in [0, 0.1) is 13.8 Å². The standard InChI is InChI=1S/C22H21BrClN3OS/c1-15-13-17(16(2)27(15)20-7-3-18(23)4-8-20)14-25-26-22(28)11-12-29-21-9-5-19(24)6-10-21/h3-10,13-14H,11-12H2,1-2H3,(H,26,28)/b25-14-. The summed E-state index contributed by atoms with van der Waals surface area (Å²) in [7, 11) is 0. The molecule has 1 N–H and O–H groups in total. The maximum atomic E-state index is 12.0. The average molecular weight is 491 g/mol. The van der Waals surface area contributed by atoms with Crippen LogP contribution in [-0.2, 0) is 4.79 Å². The van der Waals surface area contributed by atoms with Gasteiger partial charge in [-0.15, -0.1) is 11.8 Å². The molecule has 0 aliphatic heterocycles. The molecular formula is C22H21BrClN3OS. The normalized spacial score (nSPS) is 11.2. The van der Waals surface area contributed by atoms with E-state index in [1.165, 1.54) is 0 Å². The summed E-state index contributed by atoms with van der Waals surface area (Å²) in [5.74, 6) is 0.575. The lowest BCUT2D eigenvalue weighted by Gasteiger charge is -2.09. The van der Waals surface area contributed by atoms with Crippen LogP contribution in [0.5, 0.6) is 0 Å². The van der Waals surface area contributed by atoms with Gasteiger partial charge >= 0.3 is 0 Å². The SMILES string of the molecule is Cc1cc(/C=N\NC(=O)CCSc2ccc(Cl)cc2)c(C)n1-c1ccc(Br)cc1. The summed E-state index contributed by atoms with van der Waals surface area (Å²) < 4.78 is 3.21. The molecule has 0 aliphatic carbocycles. The van der Waals surface area contributed by atoms with Crippen molar-refractivity contribution in [3.05, 3.63) is 81.0 Å². The van der Waals surface area contributed by atoms with Gasteiger partial charge in [-0.05, 0) is 68.4 Å². The van der Waals surface area contributed by atoms with Gasteiger partial charge < -0.3 is 4.57 Å². The quantitative estimate of drug-likeness (QED) is 0.245. The molecule has 1 aromatic heterocycles. The molecule has 0 aliphatic rings. The smallest absolute Gasteiger partial charge is 0.240 e. The van der Waals surface area contributed by atoms with Crippen molar-refractivity contribution in [1.29, 1.82) is 0 Å². The highest BCUT2D eigenvalue weighted by Gasteiger charge is 2.09. The van der Waals surface area contributed by atoms with Gasteiger partial charge in [0, 0.05) is 49.2 Å². The first-order chi connectivity index (χ1) is 13.9. The fourth-order valence-corrected chi connectivity index (χ4v) is 4.17. The summed E-state index contributed by atoms with van der Waals surface area (Å²) in [4.78, 5) is 13.1. The van der Waals surface area contributed by atoms with Gasteiger partial charge in [-0.3, -0.25) is 4.79 Å². The molecular weight excluding hydrogens is 470 g/mol. The monoisotopic (exact) mass is 489 g/mol. The van der Waals surface area contributed by atoms with Crippen LogP contribution in [-0.4, -0.2) is 22.4 Å². The largest absolute Gasteiger partial charge is 0.318 e.